The standard InChI is InChI=1S/C14H19NO3S/c1-8-6-15(7-12(8)14(17)18-4)13(16)11-5-9(2)19-10(11)3/h5,8,12H,6-7H2,1-4H3. The summed E-state index contributed by atoms with van der Waals surface area (Å²) in [5.74, 6) is -0.244. The van der Waals surface area contributed by atoms with Crippen molar-refractivity contribution in [2.75, 3.05) is 20.2 Å². The molecule has 0 saturated carbocycles. The molecule has 1 aliphatic rings. The van der Waals surface area contributed by atoms with Crippen molar-refractivity contribution in [3.63, 3.8) is 0 Å². The molecular formula is C14H19NO3S. The van der Waals surface area contributed by atoms with Crippen LogP contribution >= 0.6 is 11.3 Å². The van der Waals surface area contributed by atoms with Crippen LogP contribution in [0, 0.1) is 25.7 Å². The molecule has 1 amide bonds. The number of hydrogen-bond acceptors (Lipinski definition) is 4. The van der Waals surface area contributed by atoms with E-state index < -0.39 is 0 Å². The number of hydrogen-bond donors (Lipinski definition) is 0. The summed E-state index contributed by atoms with van der Waals surface area (Å²) in [5.41, 5.74) is 0.764. The minimum atomic E-state index is -0.221. The second-order valence-electron chi connectivity index (χ2n) is 5.14. The second kappa shape index (κ2) is 5.33. The Hall–Kier alpha value is -1.36. The third-order valence-corrected chi connectivity index (χ3v) is 4.64. The number of ether oxygens (including phenoxy) is 1. The van der Waals surface area contributed by atoms with Gasteiger partial charge in [-0.2, -0.15) is 0 Å². The summed E-state index contributed by atoms with van der Waals surface area (Å²) in [6.07, 6.45) is 0. The van der Waals surface area contributed by atoms with Gasteiger partial charge >= 0.3 is 5.97 Å². The molecule has 19 heavy (non-hydrogen) atoms. The maximum atomic E-state index is 12.5. The predicted molar refractivity (Wildman–Crippen MR) is 74.4 cm³/mol. The predicted octanol–water partition coefficient (Wildman–Crippen LogP) is 2.25. The minimum absolute atomic E-state index is 0.0279. The largest absolute Gasteiger partial charge is 0.469 e. The van der Waals surface area contributed by atoms with Gasteiger partial charge in [0.15, 0.2) is 0 Å². The Kier molecular flexibility index (Phi) is 3.94. The molecule has 0 radical (unpaired) electrons. The Labute approximate surface area is 117 Å². The highest BCUT2D eigenvalue weighted by atomic mass is 32.1. The number of carbonyl (C=O) groups is 2. The average molecular weight is 281 g/mol. The van der Waals surface area contributed by atoms with E-state index in [9.17, 15) is 9.59 Å². The molecule has 0 spiro atoms. The van der Waals surface area contributed by atoms with Crippen LogP contribution in [0.25, 0.3) is 0 Å². The molecule has 0 N–H and O–H groups in total. The number of amides is 1. The van der Waals surface area contributed by atoms with Gasteiger partial charge in [0.25, 0.3) is 5.91 Å². The van der Waals surface area contributed by atoms with E-state index in [0.29, 0.717) is 13.1 Å². The van der Waals surface area contributed by atoms with Crippen molar-refractivity contribution in [3.8, 4) is 0 Å². The zero-order chi connectivity index (χ0) is 14.2. The molecule has 0 bridgehead atoms. The van der Waals surface area contributed by atoms with Gasteiger partial charge in [-0.05, 0) is 25.8 Å². The zero-order valence-electron chi connectivity index (χ0n) is 11.7. The molecule has 2 heterocycles. The Bertz CT molecular complexity index is 509. The van der Waals surface area contributed by atoms with Gasteiger partial charge in [-0.3, -0.25) is 9.59 Å². The maximum Gasteiger partial charge on any atom is 0.310 e. The summed E-state index contributed by atoms with van der Waals surface area (Å²) in [4.78, 5) is 28.0. The topological polar surface area (TPSA) is 46.6 Å². The zero-order valence-corrected chi connectivity index (χ0v) is 12.5. The summed E-state index contributed by atoms with van der Waals surface area (Å²) in [6, 6.07) is 1.93. The summed E-state index contributed by atoms with van der Waals surface area (Å²) in [7, 11) is 1.39. The fourth-order valence-electron chi connectivity index (χ4n) is 2.60. The first-order valence-electron chi connectivity index (χ1n) is 6.38. The normalized spacial score (nSPS) is 22.6. The Balaban J connectivity index is 2.14. The Morgan fingerprint density at radius 2 is 2.05 bits per heavy atom. The molecule has 1 aromatic rings. The number of thiophene rings is 1. The molecule has 1 fully saturated rings. The van der Waals surface area contributed by atoms with Crippen molar-refractivity contribution >= 4 is 23.2 Å². The molecule has 0 aromatic carbocycles. The van der Waals surface area contributed by atoms with Gasteiger partial charge in [0.2, 0.25) is 0 Å². The quantitative estimate of drug-likeness (QED) is 0.781. The molecule has 104 valence electrons. The lowest BCUT2D eigenvalue weighted by atomic mass is 9.99. The van der Waals surface area contributed by atoms with Gasteiger partial charge in [-0.25, -0.2) is 0 Å². The lowest BCUT2D eigenvalue weighted by Crippen LogP contribution is -2.30. The van der Waals surface area contributed by atoms with Crippen LogP contribution in [0.4, 0.5) is 0 Å². The van der Waals surface area contributed by atoms with Crippen LogP contribution in [0.2, 0.25) is 0 Å². The van der Waals surface area contributed by atoms with Crippen LogP contribution < -0.4 is 0 Å². The van der Waals surface area contributed by atoms with Gasteiger partial charge in [-0.1, -0.05) is 6.92 Å². The van der Waals surface area contributed by atoms with Crippen LogP contribution in [0.1, 0.15) is 27.0 Å². The number of aryl methyl sites for hydroxylation is 2. The Morgan fingerprint density at radius 1 is 1.37 bits per heavy atom. The van der Waals surface area contributed by atoms with Gasteiger partial charge in [-0.15, -0.1) is 11.3 Å². The fourth-order valence-corrected chi connectivity index (χ4v) is 3.52. The minimum Gasteiger partial charge on any atom is -0.469 e. The molecule has 1 saturated heterocycles. The lowest BCUT2D eigenvalue weighted by molar-refractivity contribution is -0.146. The summed E-state index contributed by atoms with van der Waals surface area (Å²) >= 11 is 1.63. The van der Waals surface area contributed by atoms with Gasteiger partial charge < -0.3 is 9.64 Å². The fraction of sp³-hybridized carbons (Fsp3) is 0.571. The van der Waals surface area contributed by atoms with Crippen molar-refractivity contribution in [1.82, 2.24) is 4.90 Å². The van der Waals surface area contributed by atoms with Crippen molar-refractivity contribution in [1.29, 1.82) is 0 Å². The summed E-state index contributed by atoms with van der Waals surface area (Å²) in [6.45, 7) is 7.02. The summed E-state index contributed by atoms with van der Waals surface area (Å²) in [5, 5.41) is 0. The van der Waals surface area contributed by atoms with E-state index in [0.717, 1.165) is 15.3 Å². The number of carbonyl (C=O) groups excluding carboxylic acids is 2. The van der Waals surface area contributed by atoms with Gasteiger partial charge in [0, 0.05) is 22.8 Å². The first-order valence-corrected chi connectivity index (χ1v) is 7.19. The molecule has 2 rings (SSSR count). The number of methoxy groups -OCH3 is 1. The van der Waals surface area contributed by atoms with E-state index in [1.54, 1.807) is 16.2 Å². The lowest BCUT2D eigenvalue weighted by Gasteiger charge is -2.15. The maximum absolute atomic E-state index is 12.5. The Morgan fingerprint density at radius 3 is 2.58 bits per heavy atom. The van der Waals surface area contributed by atoms with E-state index in [2.05, 4.69) is 0 Å². The third kappa shape index (κ3) is 2.66. The van der Waals surface area contributed by atoms with Crippen molar-refractivity contribution in [2.24, 2.45) is 11.8 Å². The first kappa shape index (κ1) is 14.1. The monoisotopic (exact) mass is 281 g/mol. The smallest absolute Gasteiger partial charge is 0.310 e. The van der Waals surface area contributed by atoms with Gasteiger partial charge in [0.05, 0.1) is 18.6 Å². The van der Waals surface area contributed by atoms with E-state index in [1.165, 1.54) is 7.11 Å². The second-order valence-corrected chi connectivity index (χ2v) is 6.60. The van der Waals surface area contributed by atoms with Crippen LogP contribution in [-0.2, 0) is 9.53 Å². The molecule has 0 aliphatic carbocycles. The summed E-state index contributed by atoms with van der Waals surface area (Å²) < 4.78 is 4.79. The van der Waals surface area contributed by atoms with Crippen LogP contribution in [-0.4, -0.2) is 37.0 Å². The molecular weight excluding hydrogens is 262 g/mol. The molecule has 1 aliphatic heterocycles. The van der Waals surface area contributed by atoms with Crippen molar-refractivity contribution < 1.29 is 14.3 Å². The average Bonchev–Trinajstić information content (AvgIpc) is 2.90. The first-order chi connectivity index (χ1) is 8.93. The molecule has 4 nitrogen and oxygen atoms in total. The highest BCUT2D eigenvalue weighted by Gasteiger charge is 2.38. The number of rotatable bonds is 2. The van der Waals surface area contributed by atoms with Gasteiger partial charge in [0.1, 0.15) is 0 Å². The number of esters is 1. The molecule has 1 aromatic heterocycles. The highest BCUT2D eigenvalue weighted by molar-refractivity contribution is 7.12. The van der Waals surface area contributed by atoms with E-state index in [-0.39, 0.29) is 23.7 Å². The van der Waals surface area contributed by atoms with Crippen LogP contribution in [0.15, 0.2) is 6.07 Å². The van der Waals surface area contributed by atoms with Crippen molar-refractivity contribution in [3.05, 3.63) is 21.4 Å². The number of likely N-dealkylation sites (tertiary alicyclic amines) is 1. The van der Waals surface area contributed by atoms with Crippen LogP contribution in [0.5, 0.6) is 0 Å². The third-order valence-electron chi connectivity index (χ3n) is 3.67. The highest BCUT2D eigenvalue weighted by Crippen LogP contribution is 2.28. The molecule has 5 heteroatoms. The van der Waals surface area contributed by atoms with Crippen molar-refractivity contribution in [2.45, 2.75) is 20.8 Å². The molecule has 2 unspecified atom stereocenters. The molecule has 2 atom stereocenters. The number of nitrogens with zero attached hydrogens (tertiary/aromatic N) is 1. The van der Waals surface area contributed by atoms with Crippen LogP contribution in [0.3, 0.4) is 0 Å². The van der Waals surface area contributed by atoms with E-state index in [1.807, 2.05) is 26.8 Å². The van der Waals surface area contributed by atoms with E-state index >= 15 is 0 Å². The van der Waals surface area contributed by atoms with E-state index in [4.69, 9.17) is 4.74 Å². The SMILES string of the molecule is COC(=O)C1CN(C(=O)c2cc(C)sc2C)CC1C.